The quantitative estimate of drug-likeness (QED) is 0.421. The van der Waals surface area contributed by atoms with Crippen molar-refractivity contribution in [3.05, 3.63) is 98.6 Å². The highest BCUT2D eigenvalue weighted by Gasteiger charge is 2.24. The SMILES string of the molecule is Cc1c(C(=O)Nc2ccc(N3CCN(C(=O)c4ccccc4)CC3)c(Cl)c2)cccc1[N+](=O)[O-]. The van der Waals surface area contributed by atoms with Gasteiger partial charge >= 0.3 is 0 Å². The van der Waals surface area contributed by atoms with Crippen molar-refractivity contribution in [1.82, 2.24) is 4.90 Å². The summed E-state index contributed by atoms with van der Waals surface area (Å²) in [5.74, 6) is -0.432. The predicted molar refractivity (Wildman–Crippen MR) is 132 cm³/mol. The molecule has 0 bridgehead atoms. The van der Waals surface area contributed by atoms with Crippen molar-refractivity contribution in [3.8, 4) is 0 Å². The predicted octanol–water partition coefficient (Wildman–Crippen LogP) is 4.77. The lowest BCUT2D eigenvalue weighted by Crippen LogP contribution is -2.48. The molecule has 4 rings (SSSR count). The maximum Gasteiger partial charge on any atom is 0.273 e. The van der Waals surface area contributed by atoms with Crippen LogP contribution in [0.5, 0.6) is 0 Å². The third kappa shape index (κ3) is 4.87. The largest absolute Gasteiger partial charge is 0.367 e. The minimum absolute atomic E-state index is 0.0147. The number of rotatable bonds is 5. The van der Waals surface area contributed by atoms with E-state index < -0.39 is 10.8 Å². The number of nitrogens with zero attached hydrogens (tertiary/aromatic N) is 3. The molecule has 0 saturated carbocycles. The number of anilines is 2. The Morgan fingerprint density at radius 3 is 2.32 bits per heavy atom. The number of carbonyl (C=O) groups excluding carboxylic acids is 2. The normalized spacial score (nSPS) is 13.5. The molecule has 9 heteroatoms. The molecule has 0 spiro atoms. The molecule has 0 radical (unpaired) electrons. The highest BCUT2D eigenvalue weighted by molar-refractivity contribution is 6.33. The topological polar surface area (TPSA) is 95.8 Å². The maximum absolute atomic E-state index is 12.7. The monoisotopic (exact) mass is 478 g/mol. The van der Waals surface area contributed by atoms with Crippen LogP contribution in [-0.4, -0.2) is 47.8 Å². The van der Waals surface area contributed by atoms with Crippen LogP contribution in [0.25, 0.3) is 0 Å². The second-order valence-corrected chi connectivity index (χ2v) is 8.38. The summed E-state index contributed by atoms with van der Waals surface area (Å²) < 4.78 is 0. The van der Waals surface area contributed by atoms with Gasteiger partial charge in [-0.15, -0.1) is 0 Å². The Kier molecular flexibility index (Phi) is 6.79. The number of benzene rings is 3. The average Bonchev–Trinajstić information content (AvgIpc) is 2.84. The molecule has 34 heavy (non-hydrogen) atoms. The fraction of sp³-hybridized carbons (Fsp3) is 0.200. The van der Waals surface area contributed by atoms with E-state index in [0.717, 1.165) is 5.69 Å². The van der Waals surface area contributed by atoms with Gasteiger partial charge in [0, 0.05) is 54.6 Å². The molecule has 3 aromatic carbocycles. The number of nitro groups is 1. The molecule has 2 amide bonds. The van der Waals surface area contributed by atoms with E-state index in [1.54, 1.807) is 25.1 Å². The van der Waals surface area contributed by atoms with Crippen LogP contribution in [0.4, 0.5) is 17.1 Å². The lowest BCUT2D eigenvalue weighted by Gasteiger charge is -2.36. The van der Waals surface area contributed by atoms with Crippen molar-refractivity contribution < 1.29 is 14.5 Å². The van der Waals surface area contributed by atoms with E-state index in [-0.39, 0.29) is 17.2 Å². The van der Waals surface area contributed by atoms with E-state index in [9.17, 15) is 19.7 Å². The van der Waals surface area contributed by atoms with Crippen molar-refractivity contribution in [2.75, 3.05) is 36.4 Å². The molecular formula is C25H23ClN4O4. The molecule has 1 fully saturated rings. The molecule has 0 unspecified atom stereocenters. The van der Waals surface area contributed by atoms with Crippen molar-refractivity contribution >= 4 is 40.5 Å². The first-order valence-corrected chi connectivity index (χ1v) is 11.2. The van der Waals surface area contributed by atoms with Gasteiger partial charge < -0.3 is 15.1 Å². The van der Waals surface area contributed by atoms with E-state index in [1.807, 2.05) is 41.3 Å². The van der Waals surface area contributed by atoms with Crippen molar-refractivity contribution in [2.45, 2.75) is 6.92 Å². The number of nitro benzene ring substituents is 1. The van der Waals surface area contributed by atoms with Gasteiger partial charge in [0.05, 0.1) is 15.6 Å². The minimum Gasteiger partial charge on any atom is -0.367 e. The molecule has 1 N–H and O–H groups in total. The molecular weight excluding hydrogens is 456 g/mol. The number of amides is 2. The summed E-state index contributed by atoms with van der Waals surface area (Å²) in [4.78, 5) is 39.9. The van der Waals surface area contributed by atoms with Gasteiger partial charge in [-0.2, -0.15) is 0 Å². The molecule has 1 heterocycles. The molecule has 1 saturated heterocycles. The van der Waals surface area contributed by atoms with Gasteiger partial charge in [-0.1, -0.05) is 35.9 Å². The molecule has 8 nitrogen and oxygen atoms in total. The molecule has 174 valence electrons. The van der Waals surface area contributed by atoms with Gasteiger partial charge in [-0.05, 0) is 43.3 Å². The lowest BCUT2D eigenvalue weighted by molar-refractivity contribution is -0.385. The van der Waals surface area contributed by atoms with Crippen LogP contribution in [-0.2, 0) is 0 Å². The van der Waals surface area contributed by atoms with Crippen molar-refractivity contribution in [3.63, 3.8) is 0 Å². The number of piperazine rings is 1. The van der Waals surface area contributed by atoms with Gasteiger partial charge in [0.2, 0.25) is 0 Å². The fourth-order valence-corrected chi connectivity index (χ4v) is 4.32. The van der Waals surface area contributed by atoms with Gasteiger partial charge in [0.25, 0.3) is 17.5 Å². The molecule has 3 aromatic rings. The van der Waals surface area contributed by atoms with E-state index in [1.165, 1.54) is 12.1 Å². The van der Waals surface area contributed by atoms with E-state index >= 15 is 0 Å². The summed E-state index contributed by atoms with van der Waals surface area (Å²) in [5, 5.41) is 14.4. The zero-order valence-electron chi connectivity index (χ0n) is 18.5. The number of nitrogens with one attached hydrogen (secondary N) is 1. The van der Waals surface area contributed by atoms with Gasteiger partial charge in [0.15, 0.2) is 0 Å². The van der Waals surface area contributed by atoms with Crippen LogP contribution in [0.2, 0.25) is 5.02 Å². The summed E-state index contributed by atoms with van der Waals surface area (Å²) in [6, 6.07) is 18.8. The van der Waals surface area contributed by atoms with Gasteiger partial charge in [-0.25, -0.2) is 0 Å². The van der Waals surface area contributed by atoms with Crippen molar-refractivity contribution in [2.24, 2.45) is 0 Å². The molecule has 1 aliphatic heterocycles. The zero-order chi connectivity index (χ0) is 24.2. The Bertz CT molecular complexity index is 1240. The number of hydrogen-bond donors (Lipinski definition) is 1. The summed E-state index contributed by atoms with van der Waals surface area (Å²) in [6.07, 6.45) is 0. The van der Waals surface area contributed by atoms with Crippen LogP contribution < -0.4 is 10.2 Å². The van der Waals surface area contributed by atoms with E-state index in [2.05, 4.69) is 10.2 Å². The maximum atomic E-state index is 12.7. The second-order valence-electron chi connectivity index (χ2n) is 7.97. The highest BCUT2D eigenvalue weighted by atomic mass is 35.5. The molecule has 1 aliphatic rings. The summed E-state index contributed by atoms with van der Waals surface area (Å²) in [6.45, 7) is 3.97. The number of carbonyl (C=O) groups is 2. The van der Waals surface area contributed by atoms with E-state index in [0.29, 0.717) is 48.0 Å². The minimum atomic E-state index is -0.509. The average molecular weight is 479 g/mol. The lowest BCUT2D eigenvalue weighted by atomic mass is 10.1. The molecule has 0 atom stereocenters. The van der Waals surface area contributed by atoms with Gasteiger partial charge in [-0.3, -0.25) is 19.7 Å². The second kappa shape index (κ2) is 9.93. The van der Waals surface area contributed by atoms with Crippen LogP contribution in [0.15, 0.2) is 66.7 Å². The Morgan fingerprint density at radius 2 is 1.68 bits per heavy atom. The standard InChI is InChI=1S/C25H23ClN4O4/c1-17-20(8-5-9-22(17)30(33)34)24(31)27-19-10-11-23(21(26)16-19)28-12-14-29(15-13-28)25(32)18-6-3-2-4-7-18/h2-11,16H,12-15H2,1H3,(H,27,31). The number of halogens is 1. The third-order valence-corrected chi connectivity index (χ3v) is 6.18. The molecule has 0 aliphatic carbocycles. The Hall–Kier alpha value is -3.91. The molecule has 0 aromatic heterocycles. The summed E-state index contributed by atoms with van der Waals surface area (Å²) in [7, 11) is 0. The first-order valence-electron chi connectivity index (χ1n) is 10.8. The Morgan fingerprint density at radius 1 is 0.971 bits per heavy atom. The fourth-order valence-electron chi connectivity index (χ4n) is 4.02. The summed E-state index contributed by atoms with van der Waals surface area (Å²) >= 11 is 6.52. The van der Waals surface area contributed by atoms with Gasteiger partial charge in [0.1, 0.15) is 0 Å². The van der Waals surface area contributed by atoms with Crippen LogP contribution in [0, 0.1) is 17.0 Å². The van der Waals surface area contributed by atoms with Crippen molar-refractivity contribution in [1.29, 1.82) is 0 Å². The summed E-state index contributed by atoms with van der Waals surface area (Å²) in [5.41, 5.74) is 2.41. The highest BCUT2D eigenvalue weighted by Crippen LogP contribution is 2.30. The first kappa shape index (κ1) is 23.3. The Labute approximate surface area is 201 Å². The van der Waals surface area contributed by atoms with Crippen LogP contribution >= 0.6 is 11.6 Å². The van der Waals surface area contributed by atoms with Crippen LogP contribution in [0.3, 0.4) is 0 Å². The zero-order valence-corrected chi connectivity index (χ0v) is 19.3. The smallest absolute Gasteiger partial charge is 0.273 e. The van der Waals surface area contributed by atoms with E-state index in [4.69, 9.17) is 11.6 Å². The Balaban J connectivity index is 1.41. The van der Waals surface area contributed by atoms with Crippen LogP contribution in [0.1, 0.15) is 26.3 Å². The third-order valence-electron chi connectivity index (χ3n) is 5.88. The number of hydrogen-bond acceptors (Lipinski definition) is 5. The first-order chi connectivity index (χ1) is 16.3.